The minimum Gasteiger partial charge on any atom is -0.295 e. The summed E-state index contributed by atoms with van der Waals surface area (Å²) in [6, 6.07) is 17.4. The van der Waals surface area contributed by atoms with Crippen LogP contribution in [0.5, 0.6) is 0 Å². The Kier molecular flexibility index (Phi) is 4.34. The second kappa shape index (κ2) is 6.75. The van der Waals surface area contributed by atoms with Gasteiger partial charge in [0.15, 0.2) is 0 Å². The van der Waals surface area contributed by atoms with Crippen LogP contribution in [0.4, 0.5) is 28.6 Å². The molecule has 0 atom stereocenters. The summed E-state index contributed by atoms with van der Waals surface area (Å²) < 4.78 is 0. The Balaban J connectivity index is 2.07. The average molecular weight is 336 g/mol. The third-order valence-electron chi connectivity index (χ3n) is 3.52. The summed E-state index contributed by atoms with van der Waals surface area (Å²) in [5, 5.41) is 21.7. The number of hydrogen-bond donors (Lipinski definition) is 0. The minimum absolute atomic E-state index is 0.0200. The predicted octanol–water partition coefficient (Wildman–Crippen LogP) is 4.37. The lowest BCUT2D eigenvalue weighted by Crippen LogP contribution is -2.11. The maximum Gasteiger partial charge on any atom is 0.269 e. The fourth-order valence-electron chi connectivity index (χ4n) is 2.35. The Bertz CT molecular complexity index is 839. The molecule has 25 heavy (non-hydrogen) atoms. The van der Waals surface area contributed by atoms with E-state index < -0.39 is 9.85 Å². The largest absolute Gasteiger partial charge is 0.295 e. The lowest BCUT2D eigenvalue weighted by atomic mass is 10.2. The van der Waals surface area contributed by atoms with Crippen molar-refractivity contribution in [3.63, 3.8) is 0 Å². The highest BCUT2D eigenvalue weighted by molar-refractivity contribution is 5.75. The first-order chi connectivity index (χ1) is 12.1. The van der Waals surface area contributed by atoms with Crippen LogP contribution in [0.15, 0.2) is 72.9 Å². The van der Waals surface area contributed by atoms with E-state index in [-0.39, 0.29) is 11.4 Å². The van der Waals surface area contributed by atoms with E-state index in [1.54, 1.807) is 47.5 Å². The van der Waals surface area contributed by atoms with E-state index in [0.717, 1.165) is 0 Å². The Morgan fingerprint density at radius 2 is 1.20 bits per heavy atom. The molecule has 8 nitrogen and oxygen atoms in total. The van der Waals surface area contributed by atoms with Crippen molar-refractivity contribution in [1.82, 2.24) is 4.98 Å². The predicted molar refractivity (Wildman–Crippen MR) is 92.2 cm³/mol. The van der Waals surface area contributed by atoms with Crippen molar-refractivity contribution in [2.75, 3.05) is 4.90 Å². The van der Waals surface area contributed by atoms with Crippen LogP contribution in [0, 0.1) is 20.2 Å². The van der Waals surface area contributed by atoms with Crippen LogP contribution in [-0.2, 0) is 0 Å². The number of non-ortho nitro benzene ring substituents is 2. The van der Waals surface area contributed by atoms with Crippen molar-refractivity contribution in [2.45, 2.75) is 0 Å². The highest BCUT2D eigenvalue weighted by Crippen LogP contribution is 2.34. The van der Waals surface area contributed by atoms with Gasteiger partial charge in [-0.05, 0) is 36.4 Å². The highest BCUT2D eigenvalue weighted by Gasteiger charge is 2.16. The monoisotopic (exact) mass is 336 g/mol. The maximum atomic E-state index is 10.8. The molecule has 0 radical (unpaired) electrons. The molecule has 0 N–H and O–H groups in total. The standard InChI is InChI=1S/C17H12N4O4/c22-20(23)15-8-4-13(5-9-15)19(17-3-1-2-12-18-17)14-6-10-16(11-7-14)21(24)25/h1-12H. The Morgan fingerprint density at radius 3 is 1.56 bits per heavy atom. The van der Waals surface area contributed by atoms with Gasteiger partial charge in [-0.1, -0.05) is 6.07 Å². The summed E-state index contributed by atoms with van der Waals surface area (Å²) in [6.45, 7) is 0. The summed E-state index contributed by atoms with van der Waals surface area (Å²) in [5.74, 6) is 0.588. The molecule has 0 aliphatic heterocycles. The van der Waals surface area contributed by atoms with Gasteiger partial charge >= 0.3 is 0 Å². The molecule has 3 aromatic rings. The Labute approximate surface area is 142 Å². The molecule has 0 unspecified atom stereocenters. The molecule has 3 rings (SSSR count). The van der Waals surface area contributed by atoms with Crippen molar-refractivity contribution in [3.8, 4) is 0 Å². The number of rotatable bonds is 5. The summed E-state index contributed by atoms with van der Waals surface area (Å²) >= 11 is 0. The molecule has 0 saturated carbocycles. The molecule has 1 aromatic heterocycles. The van der Waals surface area contributed by atoms with E-state index in [4.69, 9.17) is 0 Å². The van der Waals surface area contributed by atoms with Crippen LogP contribution in [0.2, 0.25) is 0 Å². The molecule has 0 spiro atoms. The average Bonchev–Trinajstić information content (AvgIpc) is 2.64. The van der Waals surface area contributed by atoms with Gasteiger partial charge in [0.25, 0.3) is 11.4 Å². The highest BCUT2D eigenvalue weighted by atomic mass is 16.6. The third-order valence-corrected chi connectivity index (χ3v) is 3.52. The van der Waals surface area contributed by atoms with Crippen molar-refractivity contribution in [2.24, 2.45) is 0 Å². The van der Waals surface area contributed by atoms with E-state index >= 15 is 0 Å². The van der Waals surface area contributed by atoms with Gasteiger partial charge in [0.2, 0.25) is 0 Å². The van der Waals surface area contributed by atoms with Gasteiger partial charge in [-0.15, -0.1) is 0 Å². The lowest BCUT2D eigenvalue weighted by molar-refractivity contribution is -0.385. The molecule has 0 aliphatic rings. The first kappa shape index (κ1) is 16.1. The maximum absolute atomic E-state index is 10.8. The molecule has 124 valence electrons. The molecule has 0 aliphatic carbocycles. The van der Waals surface area contributed by atoms with Crippen LogP contribution in [0.1, 0.15) is 0 Å². The number of nitrogens with zero attached hydrogens (tertiary/aromatic N) is 4. The van der Waals surface area contributed by atoms with Gasteiger partial charge in [0, 0.05) is 41.8 Å². The molecular weight excluding hydrogens is 324 g/mol. The van der Waals surface area contributed by atoms with E-state index in [2.05, 4.69) is 4.98 Å². The lowest BCUT2D eigenvalue weighted by Gasteiger charge is -2.23. The van der Waals surface area contributed by atoms with Gasteiger partial charge in [-0.3, -0.25) is 25.1 Å². The van der Waals surface area contributed by atoms with E-state index in [1.165, 1.54) is 24.3 Å². The number of anilines is 3. The second-order valence-corrected chi connectivity index (χ2v) is 5.07. The molecule has 8 heteroatoms. The quantitative estimate of drug-likeness (QED) is 0.506. The van der Waals surface area contributed by atoms with Crippen molar-refractivity contribution in [3.05, 3.63) is 93.2 Å². The van der Waals surface area contributed by atoms with Gasteiger partial charge in [0.05, 0.1) is 9.85 Å². The van der Waals surface area contributed by atoms with E-state index in [9.17, 15) is 20.2 Å². The first-order valence-electron chi connectivity index (χ1n) is 7.26. The SMILES string of the molecule is O=[N+]([O-])c1ccc(N(c2ccc([N+](=O)[O-])cc2)c2ccccn2)cc1. The summed E-state index contributed by atoms with van der Waals surface area (Å²) in [5.41, 5.74) is 1.26. The van der Waals surface area contributed by atoms with Crippen LogP contribution in [0.3, 0.4) is 0 Å². The molecule has 1 heterocycles. The van der Waals surface area contributed by atoms with Gasteiger partial charge in [0.1, 0.15) is 5.82 Å². The van der Waals surface area contributed by atoms with Crippen molar-refractivity contribution in [1.29, 1.82) is 0 Å². The number of aromatic nitrogens is 1. The fraction of sp³-hybridized carbons (Fsp3) is 0. The van der Waals surface area contributed by atoms with Crippen molar-refractivity contribution < 1.29 is 9.85 Å². The van der Waals surface area contributed by atoms with Gasteiger partial charge < -0.3 is 0 Å². The molecule has 0 saturated heterocycles. The summed E-state index contributed by atoms with van der Waals surface area (Å²) in [6.07, 6.45) is 1.62. The van der Waals surface area contributed by atoms with Crippen LogP contribution in [-0.4, -0.2) is 14.8 Å². The zero-order chi connectivity index (χ0) is 17.8. The topological polar surface area (TPSA) is 102 Å². The number of nitro groups is 2. The third kappa shape index (κ3) is 3.42. The number of pyridine rings is 1. The number of nitro benzene ring substituents is 2. The van der Waals surface area contributed by atoms with Crippen LogP contribution in [0.25, 0.3) is 0 Å². The van der Waals surface area contributed by atoms with Crippen LogP contribution < -0.4 is 4.90 Å². The number of hydrogen-bond acceptors (Lipinski definition) is 6. The van der Waals surface area contributed by atoms with Gasteiger partial charge in [-0.2, -0.15) is 0 Å². The smallest absolute Gasteiger partial charge is 0.269 e. The zero-order valence-corrected chi connectivity index (χ0v) is 12.9. The fourth-order valence-corrected chi connectivity index (χ4v) is 2.35. The number of benzene rings is 2. The Hall–Kier alpha value is -3.81. The summed E-state index contributed by atoms with van der Waals surface area (Å²) in [7, 11) is 0. The van der Waals surface area contributed by atoms with E-state index in [1.807, 2.05) is 6.07 Å². The normalized spacial score (nSPS) is 10.2. The van der Waals surface area contributed by atoms with Crippen molar-refractivity contribution >= 4 is 28.6 Å². The molecule has 0 bridgehead atoms. The Morgan fingerprint density at radius 1 is 0.720 bits per heavy atom. The molecule has 2 aromatic carbocycles. The summed E-state index contributed by atoms with van der Waals surface area (Å²) in [4.78, 5) is 26.8. The second-order valence-electron chi connectivity index (χ2n) is 5.07. The molecule has 0 amide bonds. The zero-order valence-electron chi connectivity index (χ0n) is 12.9. The van der Waals surface area contributed by atoms with E-state index in [0.29, 0.717) is 17.2 Å². The molecular formula is C17H12N4O4. The van der Waals surface area contributed by atoms with Gasteiger partial charge in [-0.25, -0.2) is 4.98 Å². The minimum atomic E-state index is -0.471. The van der Waals surface area contributed by atoms with Crippen LogP contribution >= 0.6 is 0 Å². The first-order valence-corrected chi connectivity index (χ1v) is 7.26. The molecule has 0 fully saturated rings.